The number of aryl methyl sites for hydroxylation is 2. The maximum Gasteiger partial charge on any atom is 0.136 e. The van der Waals surface area contributed by atoms with Gasteiger partial charge in [0, 0.05) is 63.0 Å². The maximum atomic E-state index is 6.13. The van der Waals surface area contributed by atoms with E-state index >= 15 is 0 Å². The summed E-state index contributed by atoms with van der Waals surface area (Å²) >= 11 is 1.86. The molecule has 0 atom stereocenters. The normalized spacial score (nSPS) is 10.3. The molecule has 54 heavy (non-hydrogen) atoms. The van der Waals surface area contributed by atoms with Crippen molar-refractivity contribution in [3.8, 4) is 58.5 Å². The lowest BCUT2D eigenvalue weighted by Gasteiger charge is -2.13. The van der Waals surface area contributed by atoms with Gasteiger partial charge in [-0.25, -0.2) is 0 Å². The Morgan fingerprint density at radius 2 is 1.07 bits per heavy atom. The molecule has 0 saturated carbocycles. The van der Waals surface area contributed by atoms with E-state index in [1.54, 1.807) is 0 Å². The van der Waals surface area contributed by atoms with Gasteiger partial charge in [-0.15, -0.1) is 17.3 Å². The quantitative estimate of drug-likeness (QED) is 0.0810. The summed E-state index contributed by atoms with van der Waals surface area (Å²) in [6, 6.07) is 30.8. The number of ether oxygens (including phenoxy) is 2. The van der Waals surface area contributed by atoms with Crippen molar-refractivity contribution >= 4 is 19.8 Å². The molecule has 0 bridgehead atoms. The topological polar surface area (TPSA) is 31.4 Å². The van der Waals surface area contributed by atoms with Crippen LogP contribution in [0.3, 0.4) is 0 Å². The van der Waals surface area contributed by atoms with Crippen LogP contribution in [0.4, 0.5) is 0 Å². The molecule has 0 radical (unpaired) electrons. The van der Waals surface area contributed by atoms with Crippen LogP contribution in [0.1, 0.15) is 76.8 Å². The lowest BCUT2D eigenvalue weighted by molar-refractivity contribution is 0.307. The molecule has 4 aromatic carbocycles. The van der Waals surface area contributed by atoms with Crippen molar-refractivity contribution in [3.63, 3.8) is 0 Å². The van der Waals surface area contributed by atoms with Gasteiger partial charge in [-0.1, -0.05) is 74.9 Å². The fourth-order valence-corrected chi connectivity index (χ4v) is 6.50. The number of hydrogen-bond donors (Lipinski definition) is 0. The molecule has 270 valence electrons. The molecule has 0 aliphatic carbocycles. The van der Waals surface area contributed by atoms with Gasteiger partial charge in [0.2, 0.25) is 0 Å². The molecule has 0 unspecified atom stereocenters. The van der Waals surface area contributed by atoms with E-state index in [0.29, 0.717) is 13.2 Å². The average Bonchev–Trinajstić information content (AvgIpc) is 3.18. The number of pyridine rings is 1. The first-order valence-electron chi connectivity index (χ1n) is 18.5. The van der Waals surface area contributed by atoms with Crippen molar-refractivity contribution in [2.24, 2.45) is 0 Å². The van der Waals surface area contributed by atoms with Crippen LogP contribution in [-0.2, 0) is 6.42 Å². The van der Waals surface area contributed by atoms with E-state index in [-0.39, 0.29) is 0 Å². The minimum Gasteiger partial charge on any atom is -0.492 e. The molecule has 0 N–H and O–H groups in total. The van der Waals surface area contributed by atoms with Crippen LogP contribution in [0.5, 0.6) is 11.5 Å². The molecule has 0 aliphatic rings. The van der Waals surface area contributed by atoms with Gasteiger partial charge in [-0.05, 0) is 116 Å². The van der Waals surface area contributed by atoms with Crippen LogP contribution >= 0.6 is 11.8 Å². The van der Waals surface area contributed by atoms with Crippen molar-refractivity contribution in [1.82, 2.24) is 4.98 Å². The zero-order chi connectivity index (χ0) is 38.2. The fourth-order valence-electron chi connectivity index (χ4n) is 5.09. The number of thioether (sulfide) groups is 1. The Balaban J connectivity index is 1.23. The van der Waals surface area contributed by atoms with Gasteiger partial charge in [-0.2, -0.15) is 0 Å². The Labute approximate surface area is 328 Å². The van der Waals surface area contributed by atoms with Crippen LogP contribution in [0.25, 0.3) is 0 Å². The Bertz CT molecular complexity index is 2280. The van der Waals surface area contributed by atoms with Crippen LogP contribution in [0.2, 0.25) is 19.6 Å². The molecule has 5 aromatic rings. The molecule has 0 saturated heterocycles. The van der Waals surface area contributed by atoms with Gasteiger partial charge < -0.3 is 9.47 Å². The molecule has 1 heterocycles. The van der Waals surface area contributed by atoms with Crippen LogP contribution < -0.4 is 9.47 Å². The van der Waals surface area contributed by atoms with Crippen molar-refractivity contribution in [2.75, 3.05) is 19.0 Å². The summed E-state index contributed by atoms with van der Waals surface area (Å²) < 4.78 is 12.3. The smallest absolute Gasteiger partial charge is 0.136 e. The molecule has 0 amide bonds. The van der Waals surface area contributed by atoms with Crippen molar-refractivity contribution < 1.29 is 9.47 Å². The third-order valence-corrected chi connectivity index (χ3v) is 9.87. The summed E-state index contributed by atoms with van der Waals surface area (Å²) in [4.78, 5) is 5.34. The summed E-state index contributed by atoms with van der Waals surface area (Å²) in [7, 11) is -1.57. The highest BCUT2D eigenvalue weighted by Gasteiger charge is 2.13. The standard InChI is InChI=1S/C49H47NO2SSi/c1-7-31-51-48-37-46(28-34-54(4,5)6)49(52-32-8-2)36-45(48)22-16-40-11-9-39(10-12-40)15-20-44-21-17-43(35-38(44)3)14-13-41-18-23-47(24-19-41)53-33-27-42-25-29-50-30-26-42/h9-12,17-19,21,23-26,29-30,35-37H,7-8,27,31-33H2,1-6H3. The van der Waals surface area contributed by atoms with Crippen LogP contribution in [-0.4, -0.2) is 32.0 Å². The Hall–Kier alpha value is -5.56. The van der Waals surface area contributed by atoms with Crippen molar-refractivity contribution in [2.45, 2.75) is 64.6 Å². The molecule has 0 aliphatic heterocycles. The van der Waals surface area contributed by atoms with E-state index in [4.69, 9.17) is 9.47 Å². The molecule has 0 fully saturated rings. The second-order valence-electron chi connectivity index (χ2n) is 13.9. The molecule has 5 heteroatoms. The summed E-state index contributed by atoms with van der Waals surface area (Å²) in [5.74, 6) is 25.8. The lowest BCUT2D eigenvalue weighted by Crippen LogP contribution is -2.16. The first-order chi connectivity index (χ1) is 26.2. The molecule has 3 nitrogen and oxygen atoms in total. The molecular formula is C49H47NO2SSi. The van der Waals surface area contributed by atoms with Crippen LogP contribution in [0, 0.1) is 53.9 Å². The number of hydrogen-bond acceptors (Lipinski definition) is 4. The third-order valence-electron chi connectivity index (χ3n) is 7.99. The lowest BCUT2D eigenvalue weighted by atomic mass is 10.0. The highest BCUT2D eigenvalue weighted by Crippen LogP contribution is 2.29. The first kappa shape index (κ1) is 39.6. The van der Waals surface area contributed by atoms with E-state index in [2.05, 4.69) is 135 Å². The molecule has 0 spiro atoms. The van der Waals surface area contributed by atoms with Gasteiger partial charge in [0.05, 0.1) is 24.3 Å². The van der Waals surface area contributed by atoms with E-state index in [0.717, 1.165) is 81.0 Å². The number of aromatic nitrogens is 1. The summed E-state index contributed by atoms with van der Waals surface area (Å²) in [6.07, 6.45) is 6.53. The third kappa shape index (κ3) is 12.8. The molecular weight excluding hydrogens is 695 g/mol. The van der Waals surface area contributed by atoms with E-state index in [9.17, 15) is 0 Å². The molecule has 1 aromatic heterocycles. The van der Waals surface area contributed by atoms with Gasteiger partial charge >= 0.3 is 0 Å². The second kappa shape index (κ2) is 20.0. The minimum atomic E-state index is -1.57. The summed E-state index contributed by atoms with van der Waals surface area (Å²) in [5.41, 5.74) is 12.3. The zero-order valence-corrected chi connectivity index (χ0v) is 34.0. The zero-order valence-electron chi connectivity index (χ0n) is 32.2. The maximum absolute atomic E-state index is 6.13. The SMILES string of the molecule is CCCOc1cc(C#C[Si](C)(C)C)c(OCCC)cc1C#Cc1ccc(C#Cc2ccc(C#Cc3ccc(SCCc4ccncc4)cc3)cc2C)cc1. The minimum absolute atomic E-state index is 0.608. The van der Waals surface area contributed by atoms with Crippen molar-refractivity contribution in [3.05, 3.63) is 153 Å². The number of benzene rings is 4. The fraction of sp³-hybridized carbons (Fsp3) is 0.245. The average molecular weight is 742 g/mol. The predicted molar refractivity (Wildman–Crippen MR) is 229 cm³/mol. The Morgan fingerprint density at radius 3 is 1.63 bits per heavy atom. The predicted octanol–water partition coefficient (Wildman–Crippen LogP) is 10.7. The van der Waals surface area contributed by atoms with Gasteiger partial charge in [0.15, 0.2) is 0 Å². The Kier molecular flexibility index (Phi) is 14.7. The van der Waals surface area contributed by atoms with Crippen LogP contribution in [0.15, 0.2) is 108 Å². The highest BCUT2D eigenvalue weighted by atomic mass is 32.2. The summed E-state index contributed by atoms with van der Waals surface area (Å²) in [5, 5.41) is 0. The van der Waals surface area contributed by atoms with E-state index in [1.807, 2.05) is 72.7 Å². The van der Waals surface area contributed by atoms with Gasteiger partial charge in [0.1, 0.15) is 19.6 Å². The van der Waals surface area contributed by atoms with Crippen molar-refractivity contribution in [1.29, 1.82) is 0 Å². The van der Waals surface area contributed by atoms with Gasteiger partial charge in [0.25, 0.3) is 0 Å². The van der Waals surface area contributed by atoms with Gasteiger partial charge in [-0.3, -0.25) is 4.98 Å². The van der Waals surface area contributed by atoms with E-state index < -0.39 is 8.07 Å². The first-order valence-corrected chi connectivity index (χ1v) is 23.0. The largest absolute Gasteiger partial charge is 0.492 e. The number of rotatable bonds is 10. The highest BCUT2D eigenvalue weighted by molar-refractivity contribution is 7.99. The second-order valence-corrected chi connectivity index (χ2v) is 19.8. The number of nitrogens with zero attached hydrogens (tertiary/aromatic N) is 1. The molecule has 5 rings (SSSR count). The van der Waals surface area contributed by atoms with E-state index in [1.165, 1.54) is 10.5 Å². The summed E-state index contributed by atoms with van der Waals surface area (Å²) in [6.45, 7) is 14.2. The monoisotopic (exact) mass is 741 g/mol. The Morgan fingerprint density at radius 1 is 0.574 bits per heavy atom.